The number of carboxylic acid groups (broad SMARTS) is 1. The zero-order valence-electron chi connectivity index (χ0n) is 5.44. The third-order valence-electron chi connectivity index (χ3n) is 0.884. The van der Waals surface area contributed by atoms with E-state index in [2.05, 4.69) is 14.9 Å². The second-order valence-corrected chi connectivity index (χ2v) is 1.52. The molecule has 1 heterocycles. The number of hydrogen-bond donors (Lipinski definition) is 1. The summed E-state index contributed by atoms with van der Waals surface area (Å²) in [5.41, 5.74) is 0.0810. The van der Waals surface area contributed by atoms with Crippen LogP contribution in [0.15, 0.2) is 24.4 Å². The van der Waals surface area contributed by atoms with E-state index in [4.69, 9.17) is 5.11 Å². The van der Waals surface area contributed by atoms with Crippen LogP contribution >= 0.6 is 9.95 Å². The Morgan fingerprint density at radius 1 is 1.55 bits per heavy atom. The molecule has 0 aliphatic carbocycles. The van der Waals surface area contributed by atoms with Crippen molar-refractivity contribution in [1.29, 1.82) is 0 Å². The topological polar surface area (TPSA) is 50.2 Å². The molecule has 1 aromatic rings. The number of hydrogen-bond acceptors (Lipinski definition) is 2. The predicted octanol–water partition coefficient (Wildman–Crippen LogP) is 1.09. The molecule has 0 saturated heterocycles. The average Bonchev–Trinajstić information content (AvgIpc) is 2.10. The van der Waals surface area contributed by atoms with Crippen molar-refractivity contribution in [3.63, 3.8) is 0 Å². The van der Waals surface area contributed by atoms with E-state index in [0.29, 0.717) is 0 Å². The van der Waals surface area contributed by atoms with Gasteiger partial charge in [-0.25, -0.2) is 9.78 Å². The Balaban J connectivity index is 0.000000461. The Labute approximate surface area is 77.1 Å². The Bertz CT molecular complexity index is 217. The summed E-state index contributed by atoms with van der Waals surface area (Å²) in [6.45, 7) is 0. The number of carboxylic acids is 1. The van der Waals surface area contributed by atoms with E-state index >= 15 is 0 Å². The summed E-state index contributed by atoms with van der Waals surface area (Å²) in [6, 6.07) is 4.76. The van der Waals surface area contributed by atoms with Crippen LogP contribution in [0.2, 0.25) is 0 Å². The number of aromatic nitrogens is 1. The van der Waals surface area contributed by atoms with Gasteiger partial charge < -0.3 is 5.11 Å². The zero-order valence-corrected chi connectivity index (χ0v) is 8.07. The minimum atomic E-state index is -0.990. The quantitative estimate of drug-likeness (QED) is 0.739. The maximum absolute atomic E-state index is 10.1. The molecule has 0 atom stereocenters. The van der Waals surface area contributed by atoms with Crippen molar-refractivity contribution < 1.29 is 9.90 Å². The Hall–Kier alpha value is -0.532. The fourth-order valence-corrected chi connectivity index (χ4v) is 0.489. The SMILES string of the molecule is Cl[As].O=C(O)c1ccccn1. The molecule has 0 fully saturated rings. The first-order chi connectivity index (χ1) is 5.30. The number of nitrogens with zero attached hydrogens (tertiary/aromatic N) is 1. The second-order valence-electron chi connectivity index (χ2n) is 1.52. The van der Waals surface area contributed by atoms with Crippen molar-refractivity contribution in [3.8, 4) is 0 Å². The van der Waals surface area contributed by atoms with E-state index < -0.39 is 5.97 Å². The summed E-state index contributed by atoms with van der Waals surface area (Å²) in [4.78, 5) is 13.7. The van der Waals surface area contributed by atoms with Crippen LogP contribution < -0.4 is 0 Å². The van der Waals surface area contributed by atoms with Gasteiger partial charge in [0.2, 0.25) is 0 Å². The third-order valence-corrected chi connectivity index (χ3v) is 0.884. The van der Waals surface area contributed by atoms with Gasteiger partial charge in [0, 0.05) is 6.20 Å². The molecule has 0 aliphatic heterocycles. The molecular weight excluding hydrogens is 228 g/mol. The van der Waals surface area contributed by atoms with Gasteiger partial charge in [-0.05, 0) is 12.1 Å². The smallest absolute Gasteiger partial charge is 0.354 e. The van der Waals surface area contributed by atoms with Crippen molar-refractivity contribution in [3.05, 3.63) is 30.1 Å². The molecule has 1 rings (SSSR count). The molecule has 0 bridgehead atoms. The minimum Gasteiger partial charge on any atom is -0.477 e. The number of rotatable bonds is 1. The first-order valence-electron chi connectivity index (χ1n) is 2.62. The zero-order chi connectivity index (χ0) is 8.69. The van der Waals surface area contributed by atoms with Crippen LogP contribution in [0.25, 0.3) is 0 Å². The van der Waals surface area contributed by atoms with Crippen molar-refractivity contribution in [2.24, 2.45) is 0 Å². The molecule has 0 spiro atoms. The van der Waals surface area contributed by atoms with Crippen LogP contribution in [0, 0.1) is 0 Å². The molecule has 5 heteroatoms. The van der Waals surface area contributed by atoms with Crippen LogP contribution in [0.5, 0.6) is 0 Å². The van der Waals surface area contributed by atoms with Crippen LogP contribution in [0.4, 0.5) is 0 Å². The number of aromatic carboxylic acids is 1. The Morgan fingerprint density at radius 2 is 2.18 bits per heavy atom. The van der Waals surface area contributed by atoms with Gasteiger partial charge in [-0.2, -0.15) is 0 Å². The van der Waals surface area contributed by atoms with E-state index in [9.17, 15) is 4.79 Å². The molecule has 2 radical (unpaired) electrons. The van der Waals surface area contributed by atoms with Crippen molar-refractivity contribution >= 4 is 31.8 Å². The standard InChI is InChI=1S/C6H5NO2.AsCl/c8-6(9)5-3-1-2-4-7-5;1-2/h1-4H,(H,8,9);. The summed E-state index contributed by atoms with van der Waals surface area (Å²) in [6.07, 6.45) is 1.45. The monoisotopic (exact) mass is 233 g/mol. The van der Waals surface area contributed by atoms with E-state index in [1.807, 2.05) is 0 Å². The first-order valence-corrected chi connectivity index (χ1v) is 5.08. The summed E-state index contributed by atoms with van der Waals surface area (Å²) >= 11 is 1.78. The molecule has 0 aliphatic rings. The van der Waals surface area contributed by atoms with E-state index in [1.54, 1.807) is 28.0 Å². The Morgan fingerprint density at radius 3 is 2.45 bits per heavy atom. The van der Waals surface area contributed by atoms with Crippen molar-refractivity contribution in [2.75, 3.05) is 0 Å². The van der Waals surface area contributed by atoms with Crippen LogP contribution in [-0.4, -0.2) is 32.0 Å². The van der Waals surface area contributed by atoms with E-state index in [1.165, 1.54) is 12.3 Å². The van der Waals surface area contributed by atoms with Gasteiger partial charge in [0.25, 0.3) is 0 Å². The molecule has 0 saturated carbocycles. The average molecular weight is 233 g/mol. The van der Waals surface area contributed by atoms with Crippen molar-refractivity contribution in [1.82, 2.24) is 4.98 Å². The van der Waals surface area contributed by atoms with E-state index in [0.717, 1.165) is 0 Å². The molecule has 58 valence electrons. The number of carbonyl (C=O) groups is 1. The maximum Gasteiger partial charge on any atom is 0.354 e. The molecular formula is C6H5AsClNO2. The maximum atomic E-state index is 10.1. The molecule has 0 amide bonds. The van der Waals surface area contributed by atoms with Gasteiger partial charge in [-0.15, -0.1) is 0 Å². The molecule has 0 unspecified atom stereocenters. The van der Waals surface area contributed by atoms with Gasteiger partial charge in [0.05, 0.1) is 0 Å². The normalized spacial score (nSPS) is 7.82. The summed E-state index contributed by atoms with van der Waals surface area (Å²) in [5.74, 6) is -0.990. The van der Waals surface area contributed by atoms with Gasteiger partial charge >= 0.3 is 31.8 Å². The van der Waals surface area contributed by atoms with Gasteiger partial charge in [-0.1, -0.05) is 6.07 Å². The van der Waals surface area contributed by atoms with Crippen LogP contribution in [-0.2, 0) is 0 Å². The van der Waals surface area contributed by atoms with Crippen molar-refractivity contribution in [2.45, 2.75) is 0 Å². The van der Waals surface area contributed by atoms with Crippen LogP contribution in [0.3, 0.4) is 0 Å². The fraction of sp³-hybridized carbons (Fsp3) is 0. The first kappa shape index (κ1) is 10.5. The summed E-state index contributed by atoms with van der Waals surface area (Å²) in [7, 11) is 4.58. The minimum absolute atomic E-state index is 0.0810. The van der Waals surface area contributed by atoms with Gasteiger partial charge in [-0.3, -0.25) is 0 Å². The Kier molecular flexibility index (Phi) is 5.90. The molecule has 0 aromatic carbocycles. The summed E-state index contributed by atoms with van der Waals surface area (Å²) in [5, 5.41) is 8.32. The van der Waals surface area contributed by atoms with Gasteiger partial charge in [0.15, 0.2) is 0 Å². The molecule has 1 N–H and O–H groups in total. The largest absolute Gasteiger partial charge is 0.477 e. The molecule has 1 aromatic heterocycles. The number of halogens is 1. The molecule has 11 heavy (non-hydrogen) atoms. The fourth-order valence-electron chi connectivity index (χ4n) is 0.489. The summed E-state index contributed by atoms with van der Waals surface area (Å²) < 4.78 is 0. The second kappa shape index (κ2) is 6.20. The van der Waals surface area contributed by atoms with Gasteiger partial charge in [0.1, 0.15) is 5.69 Å². The van der Waals surface area contributed by atoms with Crippen LogP contribution in [0.1, 0.15) is 10.5 Å². The number of pyridine rings is 1. The van der Waals surface area contributed by atoms with E-state index in [-0.39, 0.29) is 5.69 Å². The predicted molar refractivity (Wildman–Crippen MR) is 42.8 cm³/mol. The third kappa shape index (κ3) is 4.02. The molecule has 3 nitrogen and oxygen atoms in total.